The molecule has 2 aromatic heterocycles. The lowest BCUT2D eigenvalue weighted by atomic mass is 10.0. The minimum atomic E-state index is -1.20. The lowest BCUT2D eigenvalue weighted by Gasteiger charge is -2.49. The number of rotatable bonds is 9. The predicted octanol–water partition coefficient (Wildman–Crippen LogP) is -0.440. The maximum Gasteiger partial charge on any atom is 0.361 e. The van der Waals surface area contributed by atoms with Crippen LogP contribution in [0.2, 0.25) is 0 Å². The van der Waals surface area contributed by atoms with Crippen molar-refractivity contribution >= 4 is 69.8 Å². The number of thiazole rings is 1. The summed E-state index contributed by atoms with van der Waals surface area (Å²) in [7, 11) is 1.81. The van der Waals surface area contributed by atoms with Crippen LogP contribution in [0.15, 0.2) is 39.2 Å². The van der Waals surface area contributed by atoms with E-state index < -0.39 is 29.2 Å². The Hall–Kier alpha value is -3.37. The molecule has 2 amide bonds. The number of carbonyl (C=O) groups excluding carboxylic acids is 2. The Morgan fingerprint density at radius 3 is 2.97 bits per heavy atom. The van der Waals surface area contributed by atoms with Gasteiger partial charge in [-0.05, 0) is 22.3 Å². The number of nitrogens with zero attached hydrogens (tertiary/aromatic N) is 5. The zero-order valence-electron chi connectivity index (χ0n) is 18.3. The van der Waals surface area contributed by atoms with Crippen LogP contribution in [0.5, 0.6) is 0 Å². The largest absolute Gasteiger partial charge is 0.477 e. The SMILES string of the molecule is C[n+]1ccc(N)nc1SCC1=C(C(=O)O)N2C(=O)C(NC(=O)/C=N\OCc3csc(N)n3)C2SC1. The van der Waals surface area contributed by atoms with Crippen LogP contribution >= 0.6 is 34.9 Å². The van der Waals surface area contributed by atoms with Gasteiger partial charge in [0.05, 0.1) is 18.9 Å². The van der Waals surface area contributed by atoms with Crippen LogP contribution in [0.4, 0.5) is 10.9 Å². The number of aromatic nitrogens is 3. The van der Waals surface area contributed by atoms with Gasteiger partial charge in [0, 0.05) is 23.0 Å². The Kier molecular flexibility index (Phi) is 7.42. The maximum atomic E-state index is 12.7. The molecular weight excluding hydrogens is 516 g/mol. The number of carboxylic acid groups (broad SMARTS) is 1. The summed E-state index contributed by atoms with van der Waals surface area (Å²) in [5.41, 5.74) is 12.4. The highest BCUT2D eigenvalue weighted by Gasteiger charge is 2.54. The third kappa shape index (κ3) is 5.49. The zero-order chi connectivity index (χ0) is 25.1. The number of amides is 2. The van der Waals surface area contributed by atoms with E-state index in [2.05, 4.69) is 20.4 Å². The first-order chi connectivity index (χ1) is 16.7. The predicted molar refractivity (Wildman–Crippen MR) is 130 cm³/mol. The summed E-state index contributed by atoms with van der Waals surface area (Å²) in [6.45, 7) is 0.0444. The Bertz CT molecular complexity index is 1230. The summed E-state index contributed by atoms with van der Waals surface area (Å²) in [6.07, 6.45) is 2.67. The highest BCUT2D eigenvalue weighted by Crippen LogP contribution is 2.41. The summed E-state index contributed by atoms with van der Waals surface area (Å²) in [5, 5.41) is 18.1. The van der Waals surface area contributed by atoms with Gasteiger partial charge < -0.3 is 26.7 Å². The van der Waals surface area contributed by atoms with Gasteiger partial charge in [0.15, 0.2) is 11.7 Å². The molecule has 2 aromatic rings. The van der Waals surface area contributed by atoms with Crippen LogP contribution in [-0.2, 0) is 32.9 Å². The van der Waals surface area contributed by atoms with Crippen molar-refractivity contribution in [3.8, 4) is 0 Å². The molecule has 2 atom stereocenters. The molecule has 4 heterocycles. The molecule has 1 fully saturated rings. The van der Waals surface area contributed by atoms with Crippen LogP contribution in [0.1, 0.15) is 5.69 Å². The third-order valence-corrected chi connectivity index (χ3v) is 8.14. The quantitative estimate of drug-likeness (QED) is 0.0810. The Labute approximate surface area is 211 Å². The van der Waals surface area contributed by atoms with Crippen molar-refractivity contribution in [2.45, 2.75) is 23.2 Å². The van der Waals surface area contributed by atoms with Crippen molar-refractivity contribution in [3.63, 3.8) is 0 Å². The van der Waals surface area contributed by atoms with Crippen molar-refractivity contribution in [2.24, 2.45) is 12.2 Å². The van der Waals surface area contributed by atoms with Gasteiger partial charge in [-0.15, -0.1) is 23.1 Å². The number of carboxylic acids is 1. The molecule has 2 aliphatic heterocycles. The van der Waals surface area contributed by atoms with Crippen molar-refractivity contribution in [3.05, 3.63) is 34.6 Å². The molecule has 0 bridgehead atoms. The second kappa shape index (κ2) is 10.5. The number of fused-ring (bicyclic) bond motifs is 1. The van der Waals surface area contributed by atoms with E-state index in [0.717, 1.165) is 6.21 Å². The number of thioether (sulfide) groups is 2. The third-order valence-electron chi connectivity index (χ3n) is 4.94. The first-order valence-corrected chi connectivity index (χ1v) is 13.0. The van der Waals surface area contributed by atoms with Gasteiger partial charge in [-0.2, -0.15) is 0 Å². The minimum Gasteiger partial charge on any atom is -0.477 e. The van der Waals surface area contributed by atoms with Crippen molar-refractivity contribution in [2.75, 3.05) is 23.0 Å². The summed E-state index contributed by atoms with van der Waals surface area (Å²) in [4.78, 5) is 51.4. The molecule has 184 valence electrons. The molecule has 0 spiro atoms. The van der Waals surface area contributed by atoms with Gasteiger partial charge in [0.25, 0.3) is 11.8 Å². The van der Waals surface area contributed by atoms with Crippen molar-refractivity contribution in [1.29, 1.82) is 0 Å². The monoisotopic (exact) mass is 537 g/mol. The topological polar surface area (TPSA) is 190 Å². The van der Waals surface area contributed by atoms with E-state index in [0.29, 0.717) is 38.9 Å². The Morgan fingerprint density at radius 1 is 1.46 bits per heavy atom. The molecule has 4 rings (SSSR count). The lowest BCUT2D eigenvalue weighted by molar-refractivity contribution is -0.713. The van der Waals surface area contributed by atoms with Gasteiger partial charge in [-0.3, -0.25) is 14.5 Å². The standard InChI is InChI=1S/C19H20N8O5S3/c1-26-3-2-11(20)24-19(26)35-7-9-6-33-16-13(15(29)27(16)14(9)17(30)31)25-12(28)4-22-32-5-10-8-34-18(21)23-10/h2-4,8,13,16,20H,5-7H2,1H3,(H4,21,23,25,28,30,31)/p+1/b22-4-. The van der Waals surface area contributed by atoms with Gasteiger partial charge in [-0.25, -0.2) is 14.3 Å². The first-order valence-electron chi connectivity index (χ1n) is 10.0. The number of hydrogen-bond acceptors (Lipinski definition) is 12. The average Bonchev–Trinajstić information content (AvgIpc) is 3.24. The van der Waals surface area contributed by atoms with Crippen LogP contribution in [-0.4, -0.2) is 66.9 Å². The molecule has 16 heteroatoms. The fraction of sp³-hybridized carbons (Fsp3) is 0.316. The molecule has 2 aliphatic rings. The summed E-state index contributed by atoms with van der Waals surface area (Å²) in [6, 6.07) is 0.795. The number of nitrogen functional groups attached to an aromatic ring is 2. The van der Waals surface area contributed by atoms with E-state index in [1.165, 1.54) is 39.8 Å². The number of aryl methyl sites for hydroxylation is 1. The smallest absolute Gasteiger partial charge is 0.361 e. The second-order valence-corrected chi connectivity index (χ2v) is 10.3. The molecule has 13 nitrogen and oxygen atoms in total. The molecule has 0 aromatic carbocycles. The van der Waals surface area contributed by atoms with E-state index in [1.54, 1.807) is 22.2 Å². The van der Waals surface area contributed by atoms with E-state index in [9.17, 15) is 19.5 Å². The van der Waals surface area contributed by atoms with Crippen LogP contribution < -0.4 is 21.4 Å². The molecule has 2 unspecified atom stereocenters. The summed E-state index contributed by atoms with van der Waals surface area (Å²) in [5.74, 6) is -1.28. The average molecular weight is 538 g/mol. The van der Waals surface area contributed by atoms with Crippen LogP contribution in [0, 0.1) is 0 Å². The number of hydrogen-bond donors (Lipinski definition) is 4. The zero-order valence-corrected chi connectivity index (χ0v) is 20.7. The number of nitrogens with one attached hydrogen (secondary N) is 1. The molecule has 35 heavy (non-hydrogen) atoms. The maximum absolute atomic E-state index is 12.7. The van der Waals surface area contributed by atoms with Gasteiger partial charge >= 0.3 is 11.1 Å². The van der Waals surface area contributed by atoms with E-state index >= 15 is 0 Å². The number of nitrogens with two attached hydrogens (primary N) is 2. The molecule has 6 N–H and O–H groups in total. The van der Waals surface area contributed by atoms with Gasteiger partial charge in [0.1, 0.15) is 23.3 Å². The lowest BCUT2D eigenvalue weighted by Crippen LogP contribution is -2.70. The van der Waals surface area contributed by atoms with E-state index in [4.69, 9.17) is 16.3 Å². The minimum absolute atomic E-state index is 0.0444. The highest BCUT2D eigenvalue weighted by atomic mass is 32.2. The number of aliphatic carboxylic acids is 1. The summed E-state index contributed by atoms with van der Waals surface area (Å²) < 4.78 is 1.78. The highest BCUT2D eigenvalue weighted by molar-refractivity contribution is 8.01. The molecule has 0 saturated carbocycles. The van der Waals surface area contributed by atoms with Gasteiger partial charge in [-0.1, -0.05) is 5.16 Å². The van der Waals surface area contributed by atoms with Gasteiger partial charge in [0.2, 0.25) is 5.82 Å². The Morgan fingerprint density at radius 2 is 2.26 bits per heavy atom. The number of carbonyl (C=O) groups is 3. The first kappa shape index (κ1) is 24.7. The number of β-lactam (4-membered cyclic amide) rings is 1. The molecule has 0 aliphatic carbocycles. The molecular formula is C19H21N8O5S3+. The van der Waals surface area contributed by atoms with Crippen molar-refractivity contribution < 1.29 is 28.9 Å². The van der Waals surface area contributed by atoms with Crippen LogP contribution in [0.25, 0.3) is 0 Å². The fourth-order valence-electron chi connectivity index (χ4n) is 3.33. The second-order valence-electron chi connectivity index (χ2n) is 7.37. The summed E-state index contributed by atoms with van der Waals surface area (Å²) >= 11 is 3.96. The van der Waals surface area contributed by atoms with E-state index in [1.807, 2.05) is 7.05 Å². The van der Waals surface area contributed by atoms with E-state index in [-0.39, 0.29) is 12.3 Å². The number of oxime groups is 1. The normalized spacial score (nSPS) is 19.5. The Balaban J connectivity index is 1.36. The van der Waals surface area contributed by atoms with Crippen molar-refractivity contribution in [1.82, 2.24) is 20.2 Å². The molecule has 0 radical (unpaired) electrons. The molecule has 1 saturated heterocycles. The fourth-order valence-corrected chi connectivity index (χ4v) is 6.33. The van der Waals surface area contributed by atoms with Crippen LogP contribution in [0.3, 0.4) is 0 Å². The number of anilines is 2.